The highest BCUT2D eigenvalue weighted by Gasteiger charge is 2.33. The van der Waals surface area contributed by atoms with Crippen molar-refractivity contribution in [1.29, 1.82) is 5.26 Å². The van der Waals surface area contributed by atoms with Gasteiger partial charge < -0.3 is 10.6 Å². The second-order valence-electron chi connectivity index (χ2n) is 6.63. The number of fused-ring (bicyclic) bond motifs is 1. The van der Waals surface area contributed by atoms with Gasteiger partial charge in [-0.05, 0) is 18.6 Å². The first-order valence-electron chi connectivity index (χ1n) is 8.93. The normalized spacial score (nSPS) is 18.1. The minimum absolute atomic E-state index is 0.163. The molecule has 1 unspecified atom stereocenters. The van der Waals surface area contributed by atoms with E-state index in [2.05, 4.69) is 21.1 Å². The number of nitrogens with two attached hydrogens (primary N) is 1. The van der Waals surface area contributed by atoms with E-state index in [9.17, 15) is 4.79 Å². The zero-order valence-corrected chi connectivity index (χ0v) is 14.7. The number of nitrogen functional groups attached to an aromatic ring is 1. The fourth-order valence-corrected chi connectivity index (χ4v) is 2.91. The largest absolute Gasteiger partial charge is 0.368 e. The number of nitriles is 1. The highest BCUT2D eigenvalue weighted by molar-refractivity contribution is 6.02. The molecule has 8 nitrogen and oxygen atoms in total. The third-order valence-electron chi connectivity index (χ3n) is 4.50. The lowest BCUT2D eigenvalue weighted by Gasteiger charge is -2.16. The summed E-state index contributed by atoms with van der Waals surface area (Å²) in [5.74, 6) is -0.520. The number of hydrogen-bond acceptors (Lipinski definition) is 6. The van der Waals surface area contributed by atoms with Crippen molar-refractivity contribution in [2.45, 2.75) is 25.7 Å². The molecule has 2 N–H and O–H groups in total. The molecule has 2 fully saturated rings. The zero-order chi connectivity index (χ0) is 18.8. The summed E-state index contributed by atoms with van der Waals surface area (Å²) < 4.78 is 1.70. The molecule has 1 amide bonds. The van der Waals surface area contributed by atoms with Crippen LogP contribution in [0.15, 0.2) is 36.9 Å². The van der Waals surface area contributed by atoms with Gasteiger partial charge in [-0.2, -0.15) is 10.4 Å². The number of aromatic nitrogens is 4. The minimum atomic E-state index is -0.571. The van der Waals surface area contributed by atoms with Crippen LogP contribution < -0.4 is 10.6 Å². The van der Waals surface area contributed by atoms with E-state index >= 15 is 0 Å². The van der Waals surface area contributed by atoms with E-state index < -0.39 is 5.92 Å². The predicted octanol–water partition coefficient (Wildman–Crippen LogP) is 2.42. The highest BCUT2D eigenvalue weighted by Crippen LogP contribution is 2.31. The maximum Gasteiger partial charge on any atom is 0.244 e. The molecule has 0 spiro atoms. The van der Waals surface area contributed by atoms with Gasteiger partial charge in [-0.1, -0.05) is 19.3 Å². The first-order chi connectivity index (χ1) is 13.2. The average molecular weight is 361 g/mol. The van der Waals surface area contributed by atoms with Crippen molar-refractivity contribution in [2.24, 2.45) is 5.92 Å². The van der Waals surface area contributed by atoms with Crippen LogP contribution in [0.4, 0.5) is 11.6 Å². The molecule has 8 heteroatoms. The van der Waals surface area contributed by atoms with Crippen LogP contribution in [0.1, 0.15) is 25.7 Å². The molecule has 2 aliphatic rings. The van der Waals surface area contributed by atoms with Crippen molar-refractivity contribution in [3.8, 4) is 17.2 Å². The lowest BCUT2D eigenvalue weighted by molar-refractivity contribution is -0.118. The summed E-state index contributed by atoms with van der Waals surface area (Å²) in [5.41, 5.74) is 8.73. The third kappa shape index (κ3) is 3.44. The Hall–Kier alpha value is -3.47. The van der Waals surface area contributed by atoms with Gasteiger partial charge >= 0.3 is 0 Å². The van der Waals surface area contributed by atoms with Crippen molar-refractivity contribution < 1.29 is 4.79 Å². The Morgan fingerprint density at radius 1 is 1.19 bits per heavy atom. The highest BCUT2D eigenvalue weighted by atomic mass is 16.2. The molecule has 5 rings (SSSR count). The van der Waals surface area contributed by atoms with Crippen molar-refractivity contribution in [2.75, 3.05) is 17.2 Å². The Labute approximate surface area is 156 Å². The summed E-state index contributed by atoms with van der Waals surface area (Å²) in [5, 5.41) is 13.3. The monoisotopic (exact) mass is 361 g/mol. The van der Waals surface area contributed by atoms with Crippen molar-refractivity contribution >= 4 is 23.1 Å². The molecule has 0 bridgehead atoms. The van der Waals surface area contributed by atoms with E-state index in [1.54, 1.807) is 34.1 Å². The summed E-state index contributed by atoms with van der Waals surface area (Å²) in [6.07, 6.45) is 11.8. The molecule has 1 aliphatic heterocycles. The maximum atomic E-state index is 12.3. The van der Waals surface area contributed by atoms with Crippen molar-refractivity contribution in [3.05, 3.63) is 36.9 Å². The molecule has 136 valence electrons. The average Bonchev–Trinajstić information content (AvgIpc) is 3.43. The second-order valence-corrected chi connectivity index (χ2v) is 6.63. The fourth-order valence-electron chi connectivity index (χ4n) is 2.91. The van der Waals surface area contributed by atoms with Crippen LogP contribution in [0, 0.1) is 17.2 Å². The molecule has 1 saturated carbocycles. The summed E-state index contributed by atoms with van der Waals surface area (Å²) >= 11 is 0. The van der Waals surface area contributed by atoms with Gasteiger partial charge in [0.25, 0.3) is 0 Å². The van der Waals surface area contributed by atoms with Crippen LogP contribution in [-0.2, 0) is 4.79 Å². The number of anilines is 2. The summed E-state index contributed by atoms with van der Waals surface area (Å²) in [6, 6.07) is 5.76. The zero-order valence-electron chi connectivity index (χ0n) is 14.7. The quantitative estimate of drug-likeness (QED) is 0.750. The number of rotatable bonds is 2. The fraction of sp³-hybridized carbons (Fsp3) is 0.316. The van der Waals surface area contributed by atoms with Gasteiger partial charge in [-0.25, -0.2) is 14.5 Å². The number of hydrogen-bond donors (Lipinski definition) is 1. The number of carbonyl (C=O) groups is 1. The molecule has 3 aromatic heterocycles. The Balaban J connectivity index is 0.000000547. The van der Waals surface area contributed by atoms with Crippen LogP contribution in [0.2, 0.25) is 0 Å². The lowest BCUT2D eigenvalue weighted by atomic mass is 10.1. The molecule has 4 heterocycles. The third-order valence-corrected chi connectivity index (χ3v) is 4.50. The smallest absolute Gasteiger partial charge is 0.244 e. The Kier molecular flexibility index (Phi) is 4.42. The molecule has 3 aromatic rings. The minimum Gasteiger partial charge on any atom is -0.368 e. The van der Waals surface area contributed by atoms with Crippen molar-refractivity contribution in [1.82, 2.24) is 19.6 Å². The lowest BCUT2D eigenvalue weighted by Crippen LogP contribution is -2.27. The van der Waals surface area contributed by atoms with Gasteiger partial charge in [0.1, 0.15) is 5.92 Å². The Bertz CT molecular complexity index is 1010. The van der Waals surface area contributed by atoms with Crippen LogP contribution in [0.3, 0.4) is 0 Å². The number of amides is 1. The number of carbonyl (C=O) groups excluding carboxylic acids is 1. The van der Waals surface area contributed by atoms with E-state index in [1.807, 2.05) is 12.3 Å². The maximum absolute atomic E-state index is 12.3. The van der Waals surface area contributed by atoms with Gasteiger partial charge in [-0.3, -0.25) is 4.79 Å². The molecule has 0 radical (unpaired) electrons. The molecular weight excluding hydrogens is 342 g/mol. The van der Waals surface area contributed by atoms with Crippen LogP contribution in [-0.4, -0.2) is 32.0 Å². The molecule has 1 aliphatic carbocycles. The van der Waals surface area contributed by atoms with Gasteiger partial charge in [0.05, 0.1) is 17.3 Å². The summed E-state index contributed by atoms with van der Waals surface area (Å²) in [4.78, 5) is 22.0. The van der Waals surface area contributed by atoms with Crippen LogP contribution in [0.25, 0.3) is 16.6 Å². The van der Waals surface area contributed by atoms with E-state index in [0.717, 1.165) is 22.3 Å². The van der Waals surface area contributed by atoms with Gasteiger partial charge in [0.15, 0.2) is 0 Å². The molecule has 27 heavy (non-hydrogen) atoms. The molecule has 1 atom stereocenters. The van der Waals surface area contributed by atoms with Crippen molar-refractivity contribution in [3.63, 3.8) is 0 Å². The Morgan fingerprint density at radius 3 is 2.56 bits per heavy atom. The van der Waals surface area contributed by atoms with E-state index in [0.29, 0.717) is 13.0 Å². The van der Waals surface area contributed by atoms with E-state index in [1.165, 1.54) is 19.3 Å². The molecule has 1 saturated heterocycles. The SMILES string of the molecule is C1CC1.N#CC1CCN(c2ccnn3cc(-c4cnc(N)nc4)cc23)C1=O. The van der Waals surface area contributed by atoms with Gasteiger partial charge in [-0.15, -0.1) is 0 Å². The first kappa shape index (κ1) is 17.0. The molecular formula is C19H19N7O. The number of nitrogens with zero attached hydrogens (tertiary/aromatic N) is 6. The second kappa shape index (κ2) is 7.03. The van der Waals surface area contributed by atoms with Crippen LogP contribution >= 0.6 is 0 Å². The van der Waals surface area contributed by atoms with Gasteiger partial charge in [0, 0.05) is 42.5 Å². The summed E-state index contributed by atoms with van der Waals surface area (Å²) in [6.45, 7) is 0.530. The van der Waals surface area contributed by atoms with Gasteiger partial charge in [0.2, 0.25) is 11.9 Å². The predicted molar refractivity (Wildman–Crippen MR) is 101 cm³/mol. The first-order valence-corrected chi connectivity index (χ1v) is 8.93. The topological polar surface area (TPSA) is 113 Å². The Morgan fingerprint density at radius 2 is 1.93 bits per heavy atom. The van der Waals surface area contributed by atoms with E-state index in [4.69, 9.17) is 11.0 Å². The van der Waals surface area contributed by atoms with E-state index in [-0.39, 0.29) is 11.9 Å². The standard InChI is InChI=1S/C16H13N7O.C3H6/c17-6-10-2-4-22(15(10)24)13-1-3-21-23-9-11(5-14(13)23)12-7-19-16(18)20-8-12;1-2-3-1/h1,3,5,7-10H,2,4H2,(H2,18,19,20);1-3H2. The summed E-state index contributed by atoms with van der Waals surface area (Å²) in [7, 11) is 0. The van der Waals surface area contributed by atoms with Crippen LogP contribution in [0.5, 0.6) is 0 Å². The molecule has 0 aromatic carbocycles.